The monoisotopic (exact) mass is 508 g/mol. The smallest absolute Gasteiger partial charge is 0.337 e. The fraction of sp³-hybridized carbons (Fsp3) is 0. The van der Waals surface area contributed by atoms with Crippen LogP contribution < -0.4 is 5.32 Å². The van der Waals surface area contributed by atoms with Crippen molar-refractivity contribution in [2.24, 2.45) is 0 Å². The quantitative estimate of drug-likeness (QED) is 0.286. The lowest BCUT2D eigenvalue weighted by Gasteiger charge is -2.09. The van der Waals surface area contributed by atoms with Gasteiger partial charge in [0.05, 0.1) is 28.2 Å². The maximum atomic E-state index is 12.9. The molecule has 1 amide bonds. The average molecular weight is 509 g/mol. The van der Waals surface area contributed by atoms with Crippen molar-refractivity contribution >= 4 is 62.2 Å². The van der Waals surface area contributed by atoms with Crippen LogP contribution in [0.5, 0.6) is 0 Å². The average Bonchev–Trinajstić information content (AvgIpc) is 3.45. The third-order valence-corrected chi connectivity index (χ3v) is 7.05. The summed E-state index contributed by atoms with van der Waals surface area (Å²) in [7, 11) is 0. The summed E-state index contributed by atoms with van der Waals surface area (Å²) in [5, 5.41) is 22.4. The molecule has 7 nitrogen and oxygen atoms in total. The summed E-state index contributed by atoms with van der Waals surface area (Å²) in [5.41, 5.74) is 1.84. The number of rotatable bonds is 5. The van der Waals surface area contributed by atoms with E-state index in [4.69, 9.17) is 23.2 Å². The molecular formula is C24H14Cl2N4O3S. The molecular weight excluding hydrogens is 495 g/mol. The first kappa shape index (κ1) is 22.1. The number of hydrogen-bond acceptors (Lipinski definition) is 5. The van der Waals surface area contributed by atoms with Gasteiger partial charge in [-0.15, -0.1) is 16.4 Å². The molecule has 0 aliphatic heterocycles. The molecule has 5 rings (SSSR count). The number of carboxylic acids is 1. The largest absolute Gasteiger partial charge is 0.478 e. The second-order valence-electron chi connectivity index (χ2n) is 7.29. The Bertz CT molecular complexity index is 1560. The molecule has 0 saturated heterocycles. The zero-order valence-corrected chi connectivity index (χ0v) is 19.5. The topological polar surface area (TPSA) is 97.1 Å². The number of benzene rings is 3. The molecule has 0 spiro atoms. The molecule has 0 aliphatic carbocycles. The molecule has 2 aromatic heterocycles. The van der Waals surface area contributed by atoms with E-state index >= 15 is 0 Å². The highest BCUT2D eigenvalue weighted by Crippen LogP contribution is 2.36. The first-order valence-corrected chi connectivity index (χ1v) is 11.5. The van der Waals surface area contributed by atoms with E-state index in [1.807, 2.05) is 24.3 Å². The third-order valence-electron chi connectivity index (χ3n) is 5.12. The summed E-state index contributed by atoms with van der Waals surface area (Å²) in [6.07, 6.45) is 1.68. The van der Waals surface area contributed by atoms with Crippen molar-refractivity contribution in [1.82, 2.24) is 15.0 Å². The highest BCUT2D eigenvalue weighted by molar-refractivity contribution is 7.21. The van der Waals surface area contributed by atoms with E-state index in [0.717, 1.165) is 15.8 Å². The van der Waals surface area contributed by atoms with Crippen LogP contribution in [0.2, 0.25) is 10.0 Å². The van der Waals surface area contributed by atoms with E-state index in [0.29, 0.717) is 26.2 Å². The number of carbonyl (C=O) groups is 2. The number of carbonyl (C=O) groups excluding carboxylic acids is 1. The van der Waals surface area contributed by atoms with Crippen LogP contribution in [-0.2, 0) is 0 Å². The summed E-state index contributed by atoms with van der Waals surface area (Å²) in [6, 6.07) is 19.1. The molecule has 5 aromatic rings. The lowest BCUT2D eigenvalue weighted by Crippen LogP contribution is -2.14. The third kappa shape index (κ3) is 4.14. The SMILES string of the molecule is O=C(O)c1cc(-c2cn(-c3ccc(Cl)cc3)nn2)ccc1NC(=O)c1sc2ccccc2c1Cl. The Kier molecular flexibility index (Phi) is 5.79. The van der Waals surface area contributed by atoms with Crippen LogP contribution in [0.3, 0.4) is 0 Å². The Labute approximate surface area is 207 Å². The van der Waals surface area contributed by atoms with Crippen LogP contribution in [0, 0.1) is 0 Å². The van der Waals surface area contributed by atoms with E-state index in [2.05, 4.69) is 15.6 Å². The fourth-order valence-electron chi connectivity index (χ4n) is 3.44. The van der Waals surface area contributed by atoms with E-state index in [1.54, 1.807) is 41.2 Å². The number of aromatic nitrogens is 3. The molecule has 34 heavy (non-hydrogen) atoms. The molecule has 2 heterocycles. The number of thiophene rings is 1. The highest BCUT2D eigenvalue weighted by atomic mass is 35.5. The molecule has 168 valence electrons. The van der Waals surface area contributed by atoms with Gasteiger partial charge >= 0.3 is 5.97 Å². The molecule has 0 fully saturated rings. The van der Waals surface area contributed by atoms with Gasteiger partial charge in [0.1, 0.15) is 10.6 Å². The Hall–Kier alpha value is -3.72. The van der Waals surface area contributed by atoms with E-state index < -0.39 is 11.9 Å². The number of hydrogen-bond donors (Lipinski definition) is 2. The van der Waals surface area contributed by atoms with Crippen molar-refractivity contribution in [2.45, 2.75) is 0 Å². The van der Waals surface area contributed by atoms with Gasteiger partial charge in [-0.1, -0.05) is 52.7 Å². The highest BCUT2D eigenvalue weighted by Gasteiger charge is 2.20. The first-order chi connectivity index (χ1) is 16.4. The lowest BCUT2D eigenvalue weighted by molar-refractivity contribution is 0.0698. The number of nitrogens with zero attached hydrogens (tertiary/aromatic N) is 3. The molecule has 0 aliphatic rings. The normalized spacial score (nSPS) is 11.0. The number of fused-ring (bicyclic) bond motifs is 1. The molecule has 0 radical (unpaired) electrons. The summed E-state index contributed by atoms with van der Waals surface area (Å²) in [5.74, 6) is -1.67. The zero-order valence-electron chi connectivity index (χ0n) is 17.2. The summed E-state index contributed by atoms with van der Waals surface area (Å²) >= 11 is 13.6. The number of nitrogens with one attached hydrogen (secondary N) is 1. The van der Waals surface area contributed by atoms with E-state index in [1.165, 1.54) is 23.5 Å². The Balaban J connectivity index is 1.45. The van der Waals surface area contributed by atoms with Gasteiger partial charge < -0.3 is 10.4 Å². The van der Waals surface area contributed by atoms with Gasteiger partial charge in [0.25, 0.3) is 5.91 Å². The minimum atomic E-state index is -1.19. The maximum absolute atomic E-state index is 12.9. The Morgan fingerprint density at radius 2 is 1.76 bits per heavy atom. The molecule has 0 saturated carbocycles. The van der Waals surface area contributed by atoms with Crippen LogP contribution in [0.1, 0.15) is 20.0 Å². The van der Waals surface area contributed by atoms with Crippen molar-refractivity contribution in [3.05, 3.63) is 93.4 Å². The fourth-order valence-corrected chi connectivity index (χ4v) is 4.98. The molecule has 0 unspecified atom stereocenters. The molecule has 10 heteroatoms. The van der Waals surface area contributed by atoms with Crippen molar-refractivity contribution in [1.29, 1.82) is 0 Å². The van der Waals surface area contributed by atoms with Gasteiger partial charge in [-0.25, -0.2) is 9.48 Å². The molecule has 0 atom stereocenters. The van der Waals surface area contributed by atoms with Gasteiger partial charge in [-0.05, 0) is 42.5 Å². The van der Waals surface area contributed by atoms with Crippen LogP contribution in [0.15, 0.2) is 72.9 Å². The van der Waals surface area contributed by atoms with E-state index in [-0.39, 0.29) is 11.3 Å². The zero-order chi connectivity index (χ0) is 23.8. The van der Waals surface area contributed by atoms with Gasteiger partial charge in [-0.3, -0.25) is 4.79 Å². The summed E-state index contributed by atoms with van der Waals surface area (Å²) in [6.45, 7) is 0. The van der Waals surface area contributed by atoms with Crippen LogP contribution in [-0.4, -0.2) is 32.0 Å². The minimum absolute atomic E-state index is 0.0795. The number of aromatic carboxylic acids is 1. The van der Waals surface area contributed by atoms with E-state index in [9.17, 15) is 14.7 Å². The summed E-state index contributed by atoms with van der Waals surface area (Å²) < 4.78 is 2.43. The van der Waals surface area contributed by atoms with Crippen molar-refractivity contribution in [3.63, 3.8) is 0 Å². The van der Waals surface area contributed by atoms with Crippen LogP contribution in [0.25, 0.3) is 27.0 Å². The summed E-state index contributed by atoms with van der Waals surface area (Å²) in [4.78, 5) is 25.2. The minimum Gasteiger partial charge on any atom is -0.478 e. The molecule has 3 aromatic carbocycles. The predicted octanol–water partition coefficient (Wildman–Crippen LogP) is 6.41. The number of anilines is 1. The van der Waals surface area contributed by atoms with Gasteiger partial charge in [0.2, 0.25) is 0 Å². The lowest BCUT2D eigenvalue weighted by atomic mass is 10.1. The second kappa shape index (κ2) is 8.90. The first-order valence-electron chi connectivity index (χ1n) is 9.95. The predicted molar refractivity (Wildman–Crippen MR) is 134 cm³/mol. The number of carboxylic acid groups (broad SMARTS) is 1. The van der Waals surface area contributed by atoms with Gasteiger partial charge in [-0.2, -0.15) is 0 Å². The van der Waals surface area contributed by atoms with Crippen molar-refractivity contribution < 1.29 is 14.7 Å². The molecule has 0 bridgehead atoms. The maximum Gasteiger partial charge on any atom is 0.337 e. The Morgan fingerprint density at radius 1 is 1.00 bits per heavy atom. The number of amides is 1. The number of halogens is 2. The molecule has 2 N–H and O–H groups in total. The Morgan fingerprint density at radius 3 is 2.50 bits per heavy atom. The van der Waals surface area contributed by atoms with Crippen molar-refractivity contribution in [2.75, 3.05) is 5.32 Å². The van der Waals surface area contributed by atoms with Gasteiger partial charge in [0, 0.05) is 20.7 Å². The van der Waals surface area contributed by atoms with Crippen molar-refractivity contribution in [3.8, 4) is 16.9 Å². The standard InChI is InChI=1S/C24H14Cl2N4O3S/c25-14-6-8-15(9-7-14)30-12-19(28-29-30)13-5-10-18(17(11-13)24(32)33)27-23(31)22-21(26)16-3-1-2-4-20(16)34-22/h1-12H,(H,27,31)(H,32,33). The van der Waals surface area contributed by atoms with Gasteiger partial charge in [0.15, 0.2) is 0 Å². The van der Waals surface area contributed by atoms with Crippen LogP contribution in [0.4, 0.5) is 5.69 Å². The second-order valence-corrected chi connectivity index (χ2v) is 9.15. The van der Waals surface area contributed by atoms with Crippen LogP contribution >= 0.6 is 34.5 Å².